The molecule has 1 unspecified atom stereocenters. The number of nitrogens with zero attached hydrogens (tertiary/aromatic N) is 1. The van der Waals surface area contributed by atoms with Gasteiger partial charge in [-0.3, -0.25) is 0 Å². The van der Waals surface area contributed by atoms with Crippen LogP contribution in [0, 0.1) is 11.3 Å². The summed E-state index contributed by atoms with van der Waals surface area (Å²) in [4.78, 5) is 0. The maximum atomic E-state index is 8.62. The first-order valence-electron chi connectivity index (χ1n) is 3.15. The van der Waals surface area contributed by atoms with Crippen molar-refractivity contribution in [3.05, 3.63) is 23.7 Å². The van der Waals surface area contributed by atoms with E-state index in [1.165, 1.54) is 7.11 Å². The molecule has 4 heteroatoms. The fourth-order valence-electron chi connectivity index (χ4n) is 0.873. The van der Waals surface area contributed by atoms with E-state index in [1.807, 2.05) is 6.07 Å². The molecular formula is C7H9N3O. The number of rotatable bonds is 1. The van der Waals surface area contributed by atoms with Crippen LogP contribution >= 0.6 is 0 Å². The first-order chi connectivity index (χ1) is 5.29. The number of ether oxygens (including phenoxy) is 1. The van der Waals surface area contributed by atoms with E-state index in [0.717, 1.165) is 0 Å². The van der Waals surface area contributed by atoms with Crippen molar-refractivity contribution in [3.8, 4) is 6.07 Å². The van der Waals surface area contributed by atoms with Gasteiger partial charge in [0.25, 0.3) is 0 Å². The first-order valence-corrected chi connectivity index (χ1v) is 3.15. The van der Waals surface area contributed by atoms with Gasteiger partial charge in [0.1, 0.15) is 23.6 Å². The Labute approximate surface area is 64.9 Å². The van der Waals surface area contributed by atoms with Gasteiger partial charge in [-0.15, -0.1) is 0 Å². The molecule has 3 N–H and O–H groups in total. The van der Waals surface area contributed by atoms with Crippen molar-refractivity contribution in [3.63, 3.8) is 0 Å². The van der Waals surface area contributed by atoms with Gasteiger partial charge in [0.2, 0.25) is 0 Å². The van der Waals surface area contributed by atoms with Gasteiger partial charge < -0.3 is 15.8 Å². The molecule has 0 aromatic rings. The van der Waals surface area contributed by atoms with Crippen LogP contribution in [0.3, 0.4) is 0 Å². The molecule has 1 atom stereocenters. The lowest BCUT2D eigenvalue weighted by atomic mass is 10.1. The standard InChI is InChI=1S/C7H9N3O/c1-11-6-2-3-10-7(9)5(6)4-8/h2-3,6,10H,9H2,1H3. The minimum Gasteiger partial charge on any atom is -0.384 e. The summed E-state index contributed by atoms with van der Waals surface area (Å²) in [6.45, 7) is 0. The molecule has 0 radical (unpaired) electrons. The number of nitriles is 1. The topological polar surface area (TPSA) is 71.1 Å². The van der Waals surface area contributed by atoms with E-state index in [0.29, 0.717) is 11.4 Å². The predicted molar refractivity (Wildman–Crippen MR) is 39.9 cm³/mol. The van der Waals surface area contributed by atoms with Gasteiger partial charge in [0.15, 0.2) is 0 Å². The Balaban J connectivity index is 2.89. The van der Waals surface area contributed by atoms with Crippen LogP contribution in [0.15, 0.2) is 23.7 Å². The molecule has 4 nitrogen and oxygen atoms in total. The molecule has 0 aliphatic carbocycles. The molecule has 0 amide bonds. The molecule has 0 aromatic carbocycles. The van der Waals surface area contributed by atoms with Crippen LogP contribution in [0.25, 0.3) is 0 Å². The monoisotopic (exact) mass is 151 g/mol. The van der Waals surface area contributed by atoms with Crippen LogP contribution in [0.2, 0.25) is 0 Å². The third kappa shape index (κ3) is 1.33. The molecule has 11 heavy (non-hydrogen) atoms. The highest BCUT2D eigenvalue weighted by Gasteiger charge is 2.16. The summed E-state index contributed by atoms with van der Waals surface area (Å²) < 4.78 is 4.98. The second-order valence-electron chi connectivity index (χ2n) is 2.10. The van der Waals surface area contributed by atoms with Crippen molar-refractivity contribution >= 4 is 0 Å². The lowest BCUT2D eigenvalue weighted by Gasteiger charge is -2.16. The quantitative estimate of drug-likeness (QED) is 0.545. The zero-order valence-corrected chi connectivity index (χ0v) is 6.16. The molecule has 0 aromatic heterocycles. The van der Waals surface area contributed by atoms with E-state index >= 15 is 0 Å². The second-order valence-corrected chi connectivity index (χ2v) is 2.10. The number of nitrogens with one attached hydrogen (secondary N) is 1. The number of nitrogens with two attached hydrogens (primary N) is 1. The third-order valence-electron chi connectivity index (χ3n) is 1.46. The fraction of sp³-hybridized carbons (Fsp3) is 0.286. The fourth-order valence-corrected chi connectivity index (χ4v) is 0.873. The van der Waals surface area contributed by atoms with Crippen molar-refractivity contribution < 1.29 is 4.74 Å². The Morgan fingerprint density at radius 3 is 3.00 bits per heavy atom. The minimum atomic E-state index is -0.304. The normalized spacial score (nSPS) is 22.7. The average molecular weight is 151 g/mol. The molecule has 0 bridgehead atoms. The predicted octanol–water partition coefficient (Wildman–Crippen LogP) is -0.188. The van der Waals surface area contributed by atoms with Crippen LogP contribution in [0.5, 0.6) is 0 Å². The number of hydrogen-bond acceptors (Lipinski definition) is 4. The van der Waals surface area contributed by atoms with E-state index in [4.69, 9.17) is 15.7 Å². The van der Waals surface area contributed by atoms with Gasteiger partial charge in [-0.2, -0.15) is 5.26 Å². The van der Waals surface area contributed by atoms with Crippen molar-refractivity contribution in [1.29, 1.82) is 5.26 Å². The average Bonchev–Trinajstić information content (AvgIpc) is 2.04. The molecular weight excluding hydrogens is 142 g/mol. The highest BCUT2D eigenvalue weighted by molar-refractivity contribution is 5.36. The zero-order valence-electron chi connectivity index (χ0n) is 6.16. The molecule has 1 aliphatic heterocycles. The van der Waals surface area contributed by atoms with Gasteiger partial charge in [-0.1, -0.05) is 0 Å². The summed E-state index contributed by atoms with van der Waals surface area (Å²) in [5, 5.41) is 11.3. The highest BCUT2D eigenvalue weighted by Crippen LogP contribution is 2.11. The summed E-state index contributed by atoms with van der Waals surface area (Å²) in [5.74, 6) is 0.363. The van der Waals surface area contributed by atoms with E-state index in [9.17, 15) is 0 Å². The largest absolute Gasteiger partial charge is 0.384 e. The first kappa shape index (κ1) is 7.63. The summed E-state index contributed by atoms with van der Waals surface area (Å²) in [7, 11) is 1.53. The van der Waals surface area contributed by atoms with Crippen LogP contribution < -0.4 is 11.1 Å². The molecule has 58 valence electrons. The van der Waals surface area contributed by atoms with Crippen LogP contribution in [0.1, 0.15) is 0 Å². The molecule has 0 fully saturated rings. The lowest BCUT2D eigenvalue weighted by molar-refractivity contribution is 0.169. The van der Waals surface area contributed by atoms with Gasteiger partial charge in [0, 0.05) is 13.3 Å². The Hall–Kier alpha value is -1.47. The third-order valence-corrected chi connectivity index (χ3v) is 1.46. The molecule has 0 saturated heterocycles. The van der Waals surface area contributed by atoms with Crippen LogP contribution in [-0.4, -0.2) is 13.2 Å². The number of hydrogen-bond donors (Lipinski definition) is 2. The summed E-state index contributed by atoms with van der Waals surface area (Å²) in [6.07, 6.45) is 3.08. The van der Waals surface area contributed by atoms with Gasteiger partial charge in [-0.05, 0) is 6.08 Å². The van der Waals surface area contributed by atoms with Gasteiger partial charge in [0.05, 0.1) is 0 Å². The Kier molecular flexibility index (Phi) is 2.14. The zero-order chi connectivity index (χ0) is 8.27. The Morgan fingerprint density at radius 1 is 1.82 bits per heavy atom. The van der Waals surface area contributed by atoms with E-state index in [2.05, 4.69) is 5.32 Å². The Bertz CT molecular complexity index is 249. The maximum Gasteiger partial charge on any atom is 0.117 e. The smallest absolute Gasteiger partial charge is 0.117 e. The molecule has 0 spiro atoms. The van der Waals surface area contributed by atoms with Gasteiger partial charge >= 0.3 is 0 Å². The SMILES string of the molecule is COC1C=CNC(N)=C1C#N. The van der Waals surface area contributed by atoms with Crippen LogP contribution in [0.4, 0.5) is 0 Å². The summed E-state index contributed by atoms with van der Waals surface area (Å²) in [5.41, 5.74) is 5.90. The van der Waals surface area contributed by atoms with E-state index in [1.54, 1.807) is 12.3 Å². The molecule has 1 rings (SSSR count). The molecule has 0 saturated carbocycles. The van der Waals surface area contributed by atoms with Crippen molar-refractivity contribution in [2.45, 2.75) is 6.10 Å². The molecule has 1 aliphatic rings. The van der Waals surface area contributed by atoms with E-state index in [-0.39, 0.29) is 6.10 Å². The molecule has 1 heterocycles. The van der Waals surface area contributed by atoms with Crippen LogP contribution in [-0.2, 0) is 4.74 Å². The maximum absolute atomic E-state index is 8.62. The summed E-state index contributed by atoms with van der Waals surface area (Å²) in [6, 6.07) is 1.97. The van der Waals surface area contributed by atoms with E-state index < -0.39 is 0 Å². The Morgan fingerprint density at radius 2 is 2.55 bits per heavy atom. The van der Waals surface area contributed by atoms with Crippen molar-refractivity contribution in [2.24, 2.45) is 5.73 Å². The minimum absolute atomic E-state index is 0.304. The summed E-state index contributed by atoms with van der Waals surface area (Å²) >= 11 is 0. The number of dihydropyridines is 1. The van der Waals surface area contributed by atoms with Crippen molar-refractivity contribution in [1.82, 2.24) is 5.32 Å². The highest BCUT2D eigenvalue weighted by atomic mass is 16.5. The number of methoxy groups -OCH3 is 1. The van der Waals surface area contributed by atoms with Gasteiger partial charge in [-0.25, -0.2) is 0 Å². The van der Waals surface area contributed by atoms with Crippen molar-refractivity contribution in [2.75, 3.05) is 7.11 Å². The lowest BCUT2D eigenvalue weighted by Crippen LogP contribution is -2.27. The second kappa shape index (κ2) is 3.08.